The Kier molecular flexibility index (Phi) is 2.79. The molecule has 3 heteroatoms. The average Bonchev–Trinajstić information content (AvgIpc) is 2.80. The molecule has 3 rings (SSSR count). The van der Waals surface area contributed by atoms with E-state index in [0.29, 0.717) is 6.04 Å². The summed E-state index contributed by atoms with van der Waals surface area (Å²) in [4.78, 5) is 0. The monoisotopic (exact) mass is 261 g/mol. The Morgan fingerprint density at radius 1 is 1.21 bits per heavy atom. The Labute approximate surface area is 115 Å². The van der Waals surface area contributed by atoms with Gasteiger partial charge < -0.3 is 14.8 Å². The molecule has 1 aromatic carbocycles. The van der Waals surface area contributed by atoms with Gasteiger partial charge in [-0.3, -0.25) is 0 Å². The van der Waals surface area contributed by atoms with Crippen molar-refractivity contribution < 1.29 is 9.47 Å². The van der Waals surface area contributed by atoms with Crippen LogP contribution in [0.4, 0.5) is 5.69 Å². The van der Waals surface area contributed by atoms with Crippen molar-refractivity contribution in [1.82, 2.24) is 0 Å². The molecule has 0 amide bonds. The molecule has 1 saturated heterocycles. The minimum absolute atomic E-state index is 0.0546. The molecule has 2 aliphatic rings. The normalized spacial score (nSPS) is 26.8. The van der Waals surface area contributed by atoms with E-state index in [9.17, 15) is 0 Å². The molecule has 0 radical (unpaired) electrons. The summed E-state index contributed by atoms with van der Waals surface area (Å²) in [6.45, 7) is 9.45. The van der Waals surface area contributed by atoms with Crippen LogP contribution < -0.4 is 10.1 Å². The first-order valence-corrected chi connectivity index (χ1v) is 7.08. The van der Waals surface area contributed by atoms with Crippen molar-refractivity contribution in [2.75, 3.05) is 11.9 Å². The van der Waals surface area contributed by atoms with Crippen molar-refractivity contribution in [3.63, 3.8) is 0 Å². The van der Waals surface area contributed by atoms with E-state index in [1.165, 1.54) is 11.3 Å². The summed E-state index contributed by atoms with van der Waals surface area (Å²) in [5.41, 5.74) is 2.28. The van der Waals surface area contributed by atoms with Gasteiger partial charge in [-0.25, -0.2) is 0 Å². The highest BCUT2D eigenvalue weighted by atomic mass is 16.5. The van der Waals surface area contributed by atoms with Gasteiger partial charge in [0.05, 0.1) is 23.9 Å². The number of hydrogen-bond donors (Lipinski definition) is 1. The van der Waals surface area contributed by atoms with E-state index in [1.807, 2.05) is 0 Å². The van der Waals surface area contributed by atoms with Gasteiger partial charge in [0, 0.05) is 12.1 Å². The van der Waals surface area contributed by atoms with Crippen LogP contribution in [0.15, 0.2) is 18.2 Å². The highest BCUT2D eigenvalue weighted by molar-refractivity contribution is 5.53. The number of fused-ring (bicyclic) bond motifs is 1. The van der Waals surface area contributed by atoms with Crippen LogP contribution in [0.2, 0.25) is 0 Å². The molecule has 1 N–H and O–H groups in total. The van der Waals surface area contributed by atoms with Crippen molar-refractivity contribution in [1.29, 1.82) is 0 Å². The Bertz CT molecular complexity index is 494. The number of anilines is 1. The average molecular weight is 261 g/mol. The summed E-state index contributed by atoms with van der Waals surface area (Å²) >= 11 is 0. The van der Waals surface area contributed by atoms with E-state index in [1.54, 1.807) is 0 Å². The topological polar surface area (TPSA) is 30.5 Å². The Balaban J connectivity index is 1.78. The highest BCUT2D eigenvalue weighted by Gasteiger charge is 2.45. The van der Waals surface area contributed by atoms with E-state index >= 15 is 0 Å². The maximum atomic E-state index is 6.13. The maximum absolute atomic E-state index is 6.13. The molecule has 1 unspecified atom stereocenters. The second kappa shape index (κ2) is 4.14. The third-order valence-electron chi connectivity index (χ3n) is 4.10. The number of ether oxygens (including phenoxy) is 2. The molecule has 3 nitrogen and oxygen atoms in total. The van der Waals surface area contributed by atoms with Gasteiger partial charge in [-0.05, 0) is 57.9 Å². The predicted octanol–water partition coefficient (Wildman–Crippen LogP) is 3.38. The smallest absolute Gasteiger partial charge is 0.122 e. The fourth-order valence-corrected chi connectivity index (χ4v) is 3.26. The molecule has 104 valence electrons. The van der Waals surface area contributed by atoms with Gasteiger partial charge in [0.25, 0.3) is 0 Å². The van der Waals surface area contributed by atoms with Crippen LogP contribution in [0.25, 0.3) is 0 Å². The lowest BCUT2D eigenvalue weighted by atomic mass is 9.94. The minimum atomic E-state index is -0.140. The summed E-state index contributed by atoms with van der Waals surface area (Å²) in [7, 11) is 0. The molecule has 1 atom stereocenters. The van der Waals surface area contributed by atoms with Gasteiger partial charge in [-0.1, -0.05) is 0 Å². The molecule has 0 spiro atoms. The number of benzene rings is 1. The molecule has 1 fully saturated rings. The van der Waals surface area contributed by atoms with Crippen molar-refractivity contribution in [3.05, 3.63) is 23.8 Å². The van der Waals surface area contributed by atoms with Crippen molar-refractivity contribution in [2.45, 2.75) is 57.8 Å². The third kappa shape index (κ3) is 2.44. The van der Waals surface area contributed by atoms with E-state index < -0.39 is 0 Å². The largest absolute Gasteiger partial charge is 0.493 e. The van der Waals surface area contributed by atoms with Crippen LogP contribution in [0.3, 0.4) is 0 Å². The van der Waals surface area contributed by atoms with E-state index in [-0.39, 0.29) is 11.2 Å². The first kappa shape index (κ1) is 12.8. The fraction of sp³-hybridized carbons (Fsp3) is 0.625. The van der Waals surface area contributed by atoms with Crippen LogP contribution in [-0.2, 0) is 11.2 Å². The second-order valence-corrected chi connectivity index (χ2v) is 6.79. The zero-order valence-electron chi connectivity index (χ0n) is 12.2. The van der Waals surface area contributed by atoms with E-state index in [2.05, 4.69) is 51.2 Å². The SMILES string of the molecule is CC1(C)CC(Nc2ccc3c(c2)CCO3)C(C)(C)O1. The molecule has 2 aliphatic heterocycles. The first-order chi connectivity index (χ1) is 8.86. The molecule has 19 heavy (non-hydrogen) atoms. The molecule has 1 aromatic rings. The highest BCUT2D eigenvalue weighted by Crippen LogP contribution is 2.39. The second-order valence-electron chi connectivity index (χ2n) is 6.79. The Hall–Kier alpha value is -1.22. The van der Waals surface area contributed by atoms with E-state index in [4.69, 9.17) is 9.47 Å². The zero-order chi connectivity index (χ0) is 13.7. The van der Waals surface area contributed by atoms with Gasteiger partial charge in [0.1, 0.15) is 5.75 Å². The van der Waals surface area contributed by atoms with Crippen LogP contribution in [0, 0.1) is 0 Å². The predicted molar refractivity (Wildman–Crippen MR) is 76.9 cm³/mol. The summed E-state index contributed by atoms with van der Waals surface area (Å²) < 4.78 is 11.7. The lowest BCUT2D eigenvalue weighted by Gasteiger charge is -2.28. The third-order valence-corrected chi connectivity index (χ3v) is 4.10. The van der Waals surface area contributed by atoms with Crippen LogP contribution in [0.1, 0.15) is 39.7 Å². The summed E-state index contributed by atoms with van der Waals surface area (Å²) in [5, 5.41) is 3.64. The molecule has 0 aliphatic carbocycles. The van der Waals surface area contributed by atoms with Gasteiger partial charge in [-0.15, -0.1) is 0 Å². The Morgan fingerprint density at radius 3 is 2.68 bits per heavy atom. The van der Waals surface area contributed by atoms with E-state index in [0.717, 1.165) is 25.2 Å². The summed E-state index contributed by atoms with van der Waals surface area (Å²) in [6.07, 6.45) is 2.04. The maximum Gasteiger partial charge on any atom is 0.122 e. The van der Waals surface area contributed by atoms with Crippen molar-refractivity contribution in [3.8, 4) is 5.75 Å². The minimum Gasteiger partial charge on any atom is -0.493 e. The fourth-order valence-electron chi connectivity index (χ4n) is 3.26. The first-order valence-electron chi connectivity index (χ1n) is 7.08. The molecule has 0 bridgehead atoms. The summed E-state index contributed by atoms with van der Waals surface area (Å²) in [5.74, 6) is 1.04. The lowest BCUT2D eigenvalue weighted by molar-refractivity contribution is -0.0662. The molecular formula is C16H23NO2. The van der Waals surface area contributed by atoms with Crippen LogP contribution >= 0.6 is 0 Å². The summed E-state index contributed by atoms with van der Waals surface area (Å²) in [6, 6.07) is 6.72. The van der Waals surface area contributed by atoms with Gasteiger partial charge in [0.15, 0.2) is 0 Å². The number of hydrogen-bond acceptors (Lipinski definition) is 3. The quantitative estimate of drug-likeness (QED) is 0.885. The molecule has 2 heterocycles. The zero-order valence-corrected chi connectivity index (χ0v) is 12.2. The lowest BCUT2D eigenvalue weighted by Crippen LogP contribution is -2.38. The van der Waals surface area contributed by atoms with Crippen LogP contribution in [-0.4, -0.2) is 23.9 Å². The number of nitrogens with one attached hydrogen (secondary N) is 1. The van der Waals surface area contributed by atoms with Crippen LogP contribution in [0.5, 0.6) is 5.75 Å². The molecule has 0 saturated carbocycles. The van der Waals surface area contributed by atoms with Gasteiger partial charge >= 0.3 is 0 Å². The van der Waals surface area contributed by atoms with Gasteiger partial charge in [0.2, 0.25) is 0 Å². The molecule has 0 aromatic heterocycles. The standard InChI is InChI=1S/C16H23NO2/c1-15(2)10-14(16(3,4)19-15)17-12-5-6-13-11(9-12)7-8-18-13/h5-6,9,14,17H,7-8,10H2,1-4H3. The van der Waals surface area contributed by atoms with Gasteiger partial charge in [-0.2, -0.15) is 0 Å². The molecular weight excluding hydrogens is 238 g/mol. The Morgan fingerprint density at radius 2 is 2.00 bits per heavy atom. The number of rotatable bonds is 2. The van der Waals surface area contributed by atoms with Crippen molar-refractivity contribution >= 4 is 5.69 Å². The van der Waals surface area contributed by atoms with Crippen molar-refractivity contribution in [2.24, 2.45) is 0 Å².